The van der Waals surface area contributed by atoms with E-state index in [2.05, 4.69) is 26.2 Å². The monoisotopic (exact) mass is 371 g/mol. The second-order valence-corrected chi connectivity index (χ2v) is 7.00. The van der Waals surface area contributed by atoms with Gasteiger partial charge in [0.05, 0.1) is 6.54 Å². The third-order valence-electron chi connectivity index (χ3n) is 5.14. The molecule has 2 aliphatic rings. The van der Waals surface area contributed by atoms with E-state index < -0.39 is 0 Å². The van der Waals surface area contributed by atoms with Crippen molar-refractivity contribution in [1.82, 2.24) is 30.4 Å². The molecule has 3 heterocycles. The van der Waals surface area contributed by atoms with Gasteiger partial charge in [0.25, 0.3) is 0 Å². The number of nitrogens with zero attached hydrogens (tertiary/aromatic N) is 5. The Morgan fingerprint density at radius 3 is 2.93 bits per heavy atom. The SMILES string of the molecule is O=C1NCCN1Cc1ccccc1NCc1nnnn1CC1CCOCC1. The number of anilines is 1. The summed E-state index contributed by atoms with van der Waals surface area (Å²) in [4.78, 5) is 13.6. The molecule has 0 radical (unpaired) electrons. The van der Waals surface area contributed by atoms with Crippen molar-refractivity contribution in [3.63, 3.8) is 0 Å². The summed E-state index contributed by atoms with van der Waals surface area (Å²) < 4.78 is 7.31. The van der Waals surface area contributed by atoms with Crippen molar-refractivity contribution in [2.45, 2.75) is 32.5 Å². The van der Waals surface area contributed by atoms with E-state index in [0.717, 1.165) is 56.2 Å². The molecule has 0 aliphatic carbocycles. The molecule has 2 aliphatic heterocycles. The van der Waals surface area contributed by atoms with Crippen LogP contribution in [0, 0.1) is 5.92 Å². The lowest BCUT2D eigenvalue weighted by Gasteiger charge is -2.22. The fourth-order valence-corrected chi connectivity index (χ4v) is 3.54. The minimum atomic E-state index is -0.00907. The quantitative estimate of drug-likeness (QED) is 0.760. The fourth-order valence-electron chi connectivity index (χ4n) is 3.54. The van der Waals surface area contributed by atoms with E-state index in [-0.39, 0.29) is 6.03 Å². The third-order valence-corrected chi connectivity index (χ3v) is 5.14. The van der Waals surface area contributed by atoms with Crippen molar-refractivity contribution < 1.29 is 9.53 Å². The zero-order chi connectivity index (χ0) is 18.5. The van der Waals surface area contributed by atoms with Crippen molar-refractivity contribution in [1.29, 1.82) is 0 Å². The highest BCUT2D eigenvalue weighted by molar-refractivity contribution is 5.76. The van der Waals surface area contributed by atoms with Gasteiger partial charge in [-0.25, -0.2) is 9.48 Å². The van der Waals surface area contributed by atoms with Gasteiger partial charge in [-0.3, -0.25) is 0 Å². The summed E-state index contributed by atoms with van der Waals surface area (Å²) in [7, 11) is 0. The van der Waals surface area contributed by atoms with Gasteiger partial charge in [0.2, 0.25) is 0 Å². The number of rotatable bonds is 7. The summed E-state index contributed by atoms with van der Waals surface area (Å²) in [5, 5.41) is 18.4. The Morgan fingerprint density at radius 2 is 2.11 bits per heavy atom. The molecule has 2 amide bonds. The molecule has 2 fully saturated rings. The Balaban J connectivity index is 1.39. The molecule has 9 nitrogen and oxygen atoms in total. The summed E-state index contributed by atoms with van der Waals surface area (Å²) in [5.74, 6) is 1.37. The maximum Gasteiger partial charge on any atom is 0.317 e. The van der Waals surface area contributed by atoms with E-state index in [9.17, 15) is 4.79 Å². The van der Waals surface area contributed by atoms with Gasteiger partial charge in [-0.05, 0) is 40.8 Å². The normalized spacial score (nSPS) is 17.9. The number of nitrogens with one attached hydrogen (secondary N) is 2. The predicted molar refractivity (Wildman–Crippen MR) is 98.9 cm³/mol. The van der Waals surface area contributed by atoms with Gasteiger partial charge in [0.1, 0.15) is 0 Å². The molecule has 0 bridgehead atoms. The van der Waals surface area contributed by atoms with Crippen molar-refractivity contribution in [2.24, 2.45) is 5.92 Å². The van der Waals surface area contributed by atoms with Crippen LogP contribution in [0.2, 0.25) is 0 Å². The molecule has 0 spiro atoms. The Bertz CT molecular complexity index is 773. The van der Waals surface area contributed by atoms with Crippen LogP contribution in [-0.4, -0.2) is 57.4 Å². The molecular weight excluding hydrogens is 346 g/mol. The molecule has 1 aromatic carbocycles. The molecule has 1 aromatic heterocycles. The minimum absolute atomic E-state index is 0.00907. The summed E-state index contributed by atoms with van der Waals surface area (Å²) >= 11 is 0. The van der Waals surface area contributed by atoms with Crippen molar-refractivity contribution in [2.75, 3.05) is 31.6 Å². The lowest BCUT2D eigenvalue weighted by atomic mass is 10.0. The third kappa shape index (κ3) is 4.36. The van der Waals surface area contributed by atoms with Crippen LogP contribution in [0.15, 0.2) is 24.3 Å². The second kappa shape index (κ2) is 8.34. The Hall–Kier alpha value is -2.68. The zero-order valence-corrected chi connectivity index (χ0v) is 15.3. The van der Waals surface area contributed by atoms with Gasteiger partial charge >= 0.3 is 6.03 Å². The first-order chi connectivity index (χ1) is 13.3. The van der Waals surface area contributed by atoms with Crippen LogP contribution in [0.1, 0.15) is 24.2 Å². The summed E-state index contributed by atoms with van der Waals surface area (Å²) in [5.41, 5.74) is 2.08. The topological polar surface area (TPSA) is 97.2 Å². The smallest absolute Gasteiger partial charge is 0.317 e. The van der Waals surface area contributed by atoms with E-state index in [0.29, 0.717) is 25.6 Å². The lowest BCUT2D eigenvalue weighted by molar-refractivity contribution is 0.0597. The lowest BCUT2D eigenvalue weighted by Crippen LogP contribution is -2.28. The molecule has 0 atom stereocenters. The molecule has 2 N–H and O–H groups in total. The summed E-state index contributed by atoms with van der Waals surface area (Å²) in [6.07, 6.45) is 2.10. The molecule has 27 heavy (non-hydrogen) atoms. The Morgan fingerprint density at radius 1 is 1.26 bits per heavy atom. The maximum atomic E-state index is 11.8. The number of aromatic nitrogens is 4. The number of urea groups is 1. The van der Waals surface area contributed by atoms with Gasteiger partial charge in [0, 0.05) is 45.1 Å². The fraction of sp³-hybridized carbons (Fsp3) is 0.556. The van der Waals surface area contributed by atoms with Gasteiger partial charge in [-0.15, -0.1) is 5.10 Å². The first kappa shape index (κ1) is 17.7. The molecule has 0 unspecified atom stereocenters. The molecule has 2 saturated heterocycles. The molecule has 0 saturated carbocycles. The molecule has 9 heteroatoms. The van der Waals surface area contributed by atoms with Crippen LogP contribution in [0.5, 0.6) is 0 Å². The number of tetrazole rings is 1. The average molecular weight is 371 g/mol. The number of hydrogen-bond acceptors (Lipinski definition) is 6. The van der Waals surface area contributed by atoms with Crippen LogP contribution in [0.3, 0.4) is 0 Å². The van der Waals surface area contributed by atoms with Crippen molar-refractivity contribution in [3.8, 4) is 0 Å². The zero-order valence-electron chi connectivity index (χ0n) is 15.3. The van der Waals surface area contributed by atoms with Gasteiger partial charge < -0.3 is 20.3 Å². The van der Waals surface area contributed by atoms with Crippen LogP contribution >= 0.6 is 0 Å². The molecule has 4 rings (SSSR count). The van der Waals surface area contributed by atoms with Crippen molar-refractivity contribution in [3.05, 3.63) is 35.7 Å². The van der Waals surface area contributed by atoms with Gasteiger partial charge in [-0.2, -0.15) is 0 Å². The highest BCUT2D eigenvalue weighted by atomic mass is 16.5. The first-order valence-corrected chi connectivity index (χ1v) is 9.47. The Kier molecular flexibility index (Phi) is 5.47. The van der Waals surface area contributed by atoms with E-state index in [1.807, 2.05) is 33.8 Å². The minimum Gasteiger partial charge on any atom is -0.381 e. The van der Waals surface area contributed by atoms with Gasteiger partial charge in [0.15, 0.2) is 5.82 Å². The number of benzene rings is 1. The molecular formula is C18H25N7O2. The van der Waals surface area contributed by atoms with Crippen LogP contribution < -0.4 is 10.6 Å². The van der Waals surface area contributed by atoms with Gasteiger partial charge in [-0.1, -0.05) is 18.2 Å². The summed E-state index contributed by atoms with van der Waals surface area (Å²) in [6, 6.07) is 8.03. The standard InChI is InChI=1S/C18H25N7O2/c26-18-19-7-8-24(18)13-15-3-1-2-4-16(15)20-11-17-21-22-23-25(17)12-14-5-9-27-10-6-14/h1-4,14,20H,5-13H2,(H,19,26). The van der Waals surface area contributed by atoms with Crippen molar-refractivity contribution >= 4 is 11.7 Å². The second-order valence-electron chi connectivity index (χ2n) is 7.00. The summed E-state index contributed by atoms with van der Waals surface area (Å²) in [6.45, 7) is 5.02. The number of para-hydroxylation sites is 1. The first-order valence-electron chi connectivity index (χ1n) is 9.47. The van der Waals surface area contributed by atoms with E-state index in [4.69, 9.17) is 4.74 Å². The Labute approximate surface area is 158 Å². The maximum absolute atomic E-state index is 11.8. The van der Waals surface area contributed by atoms with Crippen LogP contribution in [0.25, 0.3) is 0 Å². The number of carbonyl (C=O) groups is 1. The van der Waals surface area contributed by atoms with Crippen LogP contribution in [0.4, 0.5) is 10.5 Å². The van der Waals surface area contributed by atoms with E-state index in [1.165, 1.54) is 0 Å². The largest absolute Gasteiger partial charge is 0.381 e. The van der Waals surface area contributed by atoms with E-state index >= 15 is 0 Å². The number of ether oxygens (including phenoxy) is 1. The van der Waals surface area contributed by atoms with E-state index in [1.54, 1.807) is 0 Å². The molecule has 144 valence electrons. The predicted octanol–water partition coefficient (Wildman–Crippen LogP) is 1.24. The highest BCUT2D eigenvalue weighted by Gasteiger charge is 2.21. The molecule has 2 aromatic rings. The van der Waals surface area contributed by atoms with Crippen LogP contribution in [-0.2, 0) is 24.4 Å². The number of carbonyl (C=O) groups excluding carboxylic acids is 1. The highest BCUT2D eigenvalue weighted by Crippen LogP contribution is 2.20. The number of amides is 2. The number of hydrogen-bond donors (Lipinski definition) is 2. The average Bonchev–Trinajstić information content (AvgIpc) is 3.31.